The molecule has 8 heteroatoms. The molecule has 2 aromatic rings. The van der Waals surface area contributed by atoms with Crippen molar-refractivity contribution in [2.24, 2.45) is 0 Å². The second-order valence-corrected chi connectivity index (χ2v) is 6.34. The summed E-state index contributed by atoms with van der Waals surface area (Å²) in [6.07, 6.45) is 4.24. The zero-order valence-electron chi connectivity index (χ0n) is 15.2. The average Bonchev–Trinajstić information content (AvgIpc) is 2.69. The maximum atomic E-state index is 12.5. The maximum Gasteiger partial charge on any atom is 0.409 e. The van der Waals surface area contributed by atoms with Gasteiger partial charge >= 0.3 is 6.09 Å². The van der Waals surface area contributed by atoms with Crippen LogP contribution in [0.5, 0.6) is 0 Å². The van der Waals surface area contributed by atoms with Gasteiger partial charge in [0.25, 0.3) is 5.91 Å². The lowest BCUT2D eigenvalue weighted by atomic mass is 10.0. The number of benzene rings is 1. The van der Waals surface area contributed by atoms with Gasteiger partial charge in [0.05, 0.1) is 24.7 Å². The summed E-state index contributed by atoms with van der Waals surface area (Å²) in [5.41, 5.74) is 7.73. The first-order valence-corrected chi connectivity index (χ1v) is 8.97. The molecule has 2 amide bonds. The van der Waals surface area contributed by atoms with Crippen molar-refractivity contribution >= 4 is 17.8 Å². The summed E-state index contributed by atoms with van der Waals surface area (Å²) in [5.74, 6) is 0.221. The molecule has 1 aromatic heterocycles. The van der Waals surface area contributed by atoms with E-state index in [0.717, 1.165) is 5.56 Å². The van der Waals surface area contributed by atoms with Gasteiger partial charge in [-0.1, -0.05) is 12.1 Å². The van der Waals surface area contributed by atoms with E-state index in [-0.39, 0.29) is 18.0 Å². The fraction of sp³-hybridized carbons (Fsp3) is 0.368. The van der Waals surface area contributed by atoms with Crippen LogP contribution in [0.1, 0.15) is 30.1 Å². The Morgan fingerprint density at radius 1 is 1.22 bits per heavy atom. The molecule has 1 aliphatic heterocycles. The molecule has 27 heavy (non-hydrogen) atoms. The Bertz CT molecular complexity index is 801. The van der Waals surface area contributed by atoms with Crippen LogP contribution in [-0.4, -0.2) is 52.6 Å². The van der Waals surface area contributed by atoms with Crippen molar-refractivity contribution in [3.63, 3.8) is 0 Å². The quantitative estimate of drug-likeness (QED) is 0.854. The number of amides is 2. The predicted molar refractivity (Wildman–Crippen MR) is 101 cm³/mol. The Labute approximate surface area is 157 Å². The Morgan fingerprint density at radius 2 is 1.93 bits per heavy atom. The normalized spacial score (nSPS) is 14.6. The topological polar surface area (TPSA) is 110 Å². The van der Waals surface area contributed by atoms with E-state index in [2.05, 4.69) is 15.3 Å². The average molecular weight is 369 g/mol. The van der Waals surface area contributed by atoms with Crippen LogP contribution < -0.4 is 11.1 Å². The van der Waals surface area contributed by atoms with Crippen molar-refractivity contribution in [3.8, 4) is 11.3 Å². The van der Waals surface area contributed by atoms with Crippen LogP contribution in [-0.2, 0) is 4.74 Å². The Kier molecular flexibility index (Phi) is 5.85. The number of nitrogens with two attached hydrogens (primary N) is 1. The first kappa shape index (κ1) is 18.6. The number of piperidine rings is 1. The molecule has 0 unspecified atom stereocenters. The molecular weight excluding hydrogens is 346 g/mol. The van der Waals surface area contributed by atoms with Gasteiger partial charge in [-0.25, -0.2) is 9.78 Å². The van der Waals surface area contributed by atoms with E-state index in [0.29, 0.717) is 49.6 Å². The minimum atomic E-state index is -0.289. The van der Waals surface area contributed by atoms with Gasteiger partial charge in [-0.3, -0.25) is 9.78 Å². The summed E-state index contributed by atoms with van der Waals surface area (Å²) in [7, 11) is 0. The van der Waals surface area contributed by atoms with Crippen LogP contribution in [0.25, 0.3) is 11.3 Å². The summed E-state index contributed by atoms with van der Waals surface area (Å²) >= 11 is 0. The summed E-state index contributed by atoms with van der Waals surface area (Å²) < 4.78 is 5.00. The van der Waals surface area contributed by atoms with Gasteiger partial charge in [0.2, 0.25) is 0 Å². The minimum Gasteiger partial charge on any atom is -0.450 e. The zero-order valence-corrected chi connectivity index (χ0v) is 15.2. The second kappa shape index (κ2) is 8.48. The van der Waals surface area contributed by atoms with Gasteiger partial charge in [-0.15, -0.1) is 0 Å². The fourth-order valence-electron chi connectivity index (χ4n) is 3.00. The summed E-state index contributed by atoms with van der Waals surface area (Å²) in [6, 6.07) is 7.19. The van der Waals surface area contributed by atoms with Crippen molar-refractivity contribution in [2.45, 2.75) is 25.8 Å². The molecule has 1 aromatic carbocycles. The lowest BCUT2D eigenvalue weighted by Gasteiger charge is -2.31. The third-order valence-corrected chi connectivity index (χ3v) is 4.45. The molecule has 0 atom stereocenters. The predicted octanol–water partition coefficient (Wildman–Crippen LogP) is 2.08. The highest BCUT2D eigenvalue weighted by Gasteiger charge is 2.24. The SMILES string of the molecule is CCOC(=O)N1CCC(NC(=O)c2ccc(-c3cncc(N)n3)cc2)CC1. The van der Waals surface area contributed by atoms with Crippen molar-refractivity contribution in [1.29, 1.82) is 0 Å². The van der Waals surface area contributed by atoms with Crippen molar-refractivity contribution in [2.75, 3.05) is 25.4 Å². The smallest absolute Gasteiger partial charge is 0.409 e. The number of hydrogen-bond acceptors (Lipinski definition) is 6. The number of carbonyl (C=O) groups is 2. The van der Waals surface area contributed by atoms with Gasteiger partial charge in [-0.2, -0.15) is 0 Å². The molecule has 3 rings (SSSR count). The van der Waals surface area contributed by atoms with Crippen LogP contribution in [0.15, 0.2) is 36.7 Å². The van der Waals surface area contributed by atoms with E-state index in [1.807, 2.05) is 12.1 Å². The number of rotatable bonds is 4. The summed E-state index contributed by atoms with van der Waals surface area (Å²) in [5, 5.41) is 3.03. The highest BCUT2D eigenvalue weighted by atomic mass is 16.6. The second-order valence-electron chi connectivity index (χ2n) is 6.34. The largest absolute Gasteiger partial charge is 0.450 e. The van der Waals surface area contributed by atoms with E-state index in [9.17, 15) is 9.59 Å². The van der Waals surface area contributed by atoms with Gasteiger partial charge in [0, 0.05) is 30.3 Å². The van der Waals surface area contributed by atoms with Crippen LogP contribution in [0, 0.1) is 0 Å². The highest BCUT2D eigenvalue weighted by molar-refractivity contribution is 5.94. The third-order valence-electron chi connectivity index (χ3n) is 4.45. The van der Waals surface area contributed by atoms with E-state index < -0.39 is 0 Å². The highest BCUT2D eigenvalue weighted by Crippen LogP contribution is 2.18. The molecule has 2 heterocycles. The van der Waals surface area contributed by atoms with Crippen LogP contribution in [0.4, 0.5) is 10.6 Å². The first-order chi connectivity index (χ1) is 13.1. The fourth-order valence-corrected chi connectivity index (χ4v) is 3.00. The number of nitrogen functional groups attached to an aromatic ring is 1. The molecule has 0 radical (unpaired) electrons. The van der Waals surface area contributed by atoms with Crippen LogP contribution in [0.3, 0.4) is 0 Å². The number of nitrogens with one attached hydrogen (secondary N) is 1. The number of hydrogen-bond donors (Lipinski definition) is 2. The van der Waals surface area contributed by atoms with Crippen molar-refractivity contribution in [1.82, 2.24) is 20.2 Å². The Balaban J connectivity index is 1.55. The minimum absolute atomic E-state index is 0.0441. The maximum absolute atomic E-state index is 12.5. The van der Waals surface area contributed by atoms with E-state index in [4.69, 9.17) is 10.5 Å². The zero-order chi connectivity index (χ0) is 19.2. The van der Waals surface area contributed by atoms with Gasteiger partial charge in [0.15, 0.2) is 0 Å². The van der Waals surface area contributed by atoms with Gasteiger partial charge in [-0.05, 0) is 31.9 Å². The molecule has 8 nitrogen and oxygen atoms in total. The number of carbonyl (C=O) groups excluding carboxylic acids is 2. The number of aromatic nitrogens is 2. The first-order valence-electron chi connectivity index (χ1n) is 8.97. The lowest BCUT2D eigenvalue weighted by molar-refractivity contribution is 0.0860. The number of ether oxygens (including phenoxy) is 1. The van der Waals surface area contributed by atoms with Gasteiger partial charge < -0.3 is 20.7 Å². The van der Waals surface area contributed by atoms with E-state index in [1.165, 1.54) is 6.20 Å². The standard InChI is InChI=1S/C19H23N5O3/c1-2-27-19(26)24-9-7-15(8-10-24)22-18(25)14-5-3-13(4-6-14)16-11-21-12-17(20)23-16/h3-6,11-12,15H,2,7-10H2,1H3,(H2,20,23)(H,22,25). The molecule has 0 bridgehead atoms. The molecule has 142 valence electrons. The Hall–Kier alpha value is -3.16. The van der Waals surface area contributed by atoms with Crippen molar-refractivity contribution in [3.05, 3.63) is 42.2 Å². The molecule has 0 aliphatic carbocycles. The van der Waals surface area contributed by atoms with Gasteiger partial charge in [0.1, 0.15) is 5.82 Å². The molecule has 1 fully saturated rings. The molecule has 1 aliphatic rings. The van der Waals surface area contributed by atoms with Crippen molar-refractivity contribution < 1.29 is 14.3 Å². The molecule has 1 saturated heterocycles. The van der Waals surface area contributed by atoms with Crippen LogP contribution in [0.2, 0.25) is 0 Å². The number of anilines is 1. The molecule has 3 N–H and O–H groups in total. The molecule has 0 spiro atoms. The molecule has 0 saturated carbocycles. The Morgan fingerprint density at radius 3 is 2.56 bits per heavy atom. The lowest BCUT2D eigenvalue weighted by Crippen LogP contribution is -2.46. The summed E-state index contributed by atoms with van der Waals surface area (Å²) in [6.45, 7) is 3.32. The van der Waals surface area contributed by atoms with E-state index >= 15 is 0 Å². The van der Waals surface area contributed by atoms with E-state index in [1.54, 1.807) is 30.2 Å². The van der Waals surface area contributed by atoms with Crippen LogP contribution >= 0.6 is 0 Å². The summed E-state index contributed by atoms with van der Waals surface area (Å²) in [4.78, 5) is 34.1. The number of likely N-dealkylation sites (tertiary alicyclic amines) is 1. The number of nitrogens with zero attached hydrogens (tertiary/aromatic N) is 3. The monoisotopic (exact) mass is 369 g/mol. The third kappa shape index (κ3) is 4.72. The molecular formula is C19H23N5O3.